The summed E-state index contributed by atoms with van der Waals surface area (Å²) < 4.78 is 10.5. The molecule has 2 aromatic carbocycles. The summed E-state index contributed by atoms with van der Waals surface area (Å²) in [5.74, 6) is 0.717. The zero-order valence-corrected chi connectivity index (χ0v) is 14.5. The van der Waals surface area contributed by atoms with Gasteiger partial charge in [0, 0.05) is 19.3 Å². The minimum atomic E-state index is -0.275. The number of benzene rings is 2. The molecular weight excluding hydrogens is 320 g/mol. The number of carbonyl (C=O) groups excluding carboxylic acids is 2. The molecule has 2 aromatic rings. The molecule has 0 unspecified atom stereocenters. The van der Waals surface area contributed by atoms with E-state index in [-0.39, 0.29) is 11.8 Å². The van der Waals surface area contributed by atoms with E-state index in [0.29, 0.717) is 30.0 Å². The number of hydrogen-bond donors (Lipinski definition) is 1. The van der Waals surface area contributed by atoms with Crippen molar-refractivity contribution in [2.45, 2.75) is 13.0 Å². The van der Waals surface area contributed by atoms with Gasteiger partial charge in [-0.25, -0.2) is 0 Å². The Bertz CT molecular complexity index is 810. The Labute approximate surface area is 146 Å². The Hall–Kier alpha value is -3.02. The van der Waals surface area contributed by atoms with E-state index >= 15 is 0 Å². The number of anilines is 1. The summed E-state index contributed by atoms with van der Waals surface area (Å²) in [7, 11) is 4.79. The van der Waals surface area contributed by atoms with Crippen LogP contribution < -0.4 is 19.7 Å². The van der Waals surface area contributed by atoms with E-state index in [9.17, 15) is 9.59 Å². The Morgan fingerprint density at radius 3 is 2.48 bits per heavy atom. The molecule has 0 aromatic heterocycles. The van der Waals surface area contributed by atoms with E-state index in [1.54, 1.807) is 30.1 Å². The molecule has 0 atom stereocenters. The fourth-order valence-corrected chi connectivity index (χ4v) is 2.98. The van der Waals surface area contributed by atoms with Gasteiger partial charge in [-0.1, -0.05) is 18.2 Å². The first-order valence-corrected chi connectivity index (χ1v) is 7.92. The van der Waals surface area contributed by atoms with Crippen LogP contribution in [0.25, 0.3) is 0 Å². The summed E-state index contributed by atoms with van der Waals surface area (Å²) in [4.78, 5) is 26.0. The van der Waals surface area contributed by atoms with Crippen molar-refractivity contribution >= 4 is 17.5 Å². The van der Waals surface area contributed by atoms with E-state index < -0.39 is 0 Å². The number of amides is 2. The topological polar surface area (TPSA) is 67.9 Å². The van der Waals surface area contributed by atoms with E-state index in [4.69, 9.17) is 9.47 Å². The summed E-state index contributed by atoms with van der Waals surface area (Å²) in [5.41, 5.74) is 3.20. The van der Waals surface area contributed by atoms with Crippen LogP contribution in [0.3, 0.4) is 0 Å². The van der Waals surface area contributed by atoms with Gasteiger partial charge in [-0.2, -0.15) is 0 Å². The monoisotopic (exact) mass is 340 g/mol. The molecule has 1 aliphatic rings. The normalized spacial score (nSPS) is 12.8. The summed E-state index contributed by atoms with van der Waals surface area (Å²) in [6.45, 7) is 0.352. The van der Waals surface area contributed by atoms with Crippen LogP contribution in [0.15, 0.2) is 36.4 Å². The average molecular weight is 340 g/mol. The number of ether oxygens (including phenoxy) is 2. The quantitative estimate of drug-likeness (QED) is 0.906. The van der Waals surface area contributed by atoms with Gasteiger partial charge in [0.1, 0.15) is 17.1 Å². The molecule has 6 nitrogen and oxygen atoms in total. The molecule has 25 heavy (non-hydrogen) atoms. The van der Waals surface area contributed by atoms with Gasteiger partial charge in [0.2, 0.25) is 5.91 Å². The SMILES string of the molecule is COc1cccc(OC)c1C(=O)NCc1ccc2c(c1)CC(=O)N2C. The number of hydrogen-bond acceptors (Lipinski definition) is 4. The maximum absolute atomic E-state index is 12.6. The number of methoxy groups -OCH3 is 2. The highest BCUT2D eigenvalue weighted by molar-refractivity contribution is 6.01. The van der Waals surface area contributed by atoms with Gasteiger partial charge >= 0.3 is 0 Å². The van der Waals surface area contributed by atoms with Crippen LogP contribution in [-0.2, 0) is 17.8 Å². The maximum Gasteiger partial charge on any atom is 0.259 e. The number of likely N-dealkylation sites (N-methyl/N-ethyl adjacent to an activating group) is 1. The second-order valence-electron chi connectivity index (χ2n) is 5.81. The number of carbonyl (C=O) groups is 2. The molecule has 2 amide bonds. The fourth-order valence-electron chi connectivity index (χ4n) is 2.98. The van der Waals surface area contributed by atoms with Crippen molar-refractivity contribution in [1.29, 1.82) is 0 Å². The largest absolute Gasteiger partial charge is 0.496 e. The molecule has 6 heteroatoms. The Morgan fingerprint density at radius 1 is 1.16 bits per heavy atom. The molecule has 3 rings (SSSR count). The first-order valence-electron chi connectivity index (χ1n) is 7.92. The van der Waals surface area contributed by atoms with E-state index in [2.05, 4.69) is 5.32 Å². The smallest absolute Gasteiger partial charge is 0.259 e. The number of rotatable bonds is 5. The Morgan fingerprint density at radius 2 is 1.84 bits per heavy atom. The predicted molar refractivity (Wildman–Crippen MR) is 94.3 cm³/mol. The number of nitrogens with zero attached hydrogens (tertiary/aromatic N) is 1. The van der Waals surface area contributed by atoms with Gasteiger partial charge in [-0.05, 0) is 29.3 Å². The van der Waals surface area contributed by atoms with Crippen molar-refractivity contribution in [1.82, 2.24) is 5.32 Å². The number of nitrogens with one attached hydrogen (secondary N) is 1. The highest BCUT2D eigenvalue weighted by Gasteiger charge is 2.24. The fraction of sp³-hybridized carbons (Fsp3) is 0.263. The Kier molecular flexibility index (Phi) is 4.61. The molecule has 0 fully saturated rings. The Balaban J connectivity index is 1.76. The van der Waals surface area contributed by atoms with Gasteiger partial charge in [-0.15, -0.1) is 0 Å². The minimum absolute atomic E-state index is 0.0787. The van der Waals surface area contributed by atoms with Crippen molar-refractivity contribution in [2.24, 2.45) is 0 Å². The zero-order chi connectivity index (χ0) is 18.0. The first-order chi connectivity index (χ1) is 12.0. The lowest BCUT2D eigenvalue weighted by atomic mass is 10.1. The lowest BCUT2D eigenvalue weighted by molar-refractivity contribution is -0.117. The summed E-state index contributed by atoms with van der Waals surface area (Å²) in [6.07, 6.45) is 0.397. The van der Waals surface area contributed by atoms with Crippen LogP contribution in [0.2, 0.25) is 0 Å². The van der Waals surface area contributed by atoms with Crippen molar-refractivity contribution in [3.63, 3.8) is 0 Å². The van der Waals surface area contributed by atoms with Crippen LogP contribution in [0.1, 0.15) is 21.5 Å². The summed E-state index contributed by atoms with van der Waals surface area (Å²) in [5, 5.41) is 2.88. The summed E-state index contributed by atoms with van der Waals surface area (Å²) >= 11 is 0. The summed E-state index contributed by atoms with van der Waals surface area (Å²) in [6, 6.07) is 11.0. The molecule has 130 valence electrons. The molecule has 0 radical (unpaired) electrons. The molecular formula is C19H20N2O4. The highest BCUT2D eigenvalue weighted by Crippen LogP contribution is 2.29. The second kappa shape index (κ2) is 6.84. The van der Waals surface area contributed by atoms with Crippen LogP contribution in [-0.4, -0.2) is 33.1 Å². The van der Waals surface area contributed by atoms with Crippen molar-refractivity contribution in [3.8, 4) is 11.5 Å². The van der Waals surface area contributed by atoms with Crippen LogP contribution in [0.5, 0.6) is 11.5 Å². The number of fused-ring (bicyclic) bond motifs is 1. The van der Waals surface area contributed by atoms with Gasteiger partial charge in [0.05, 0.1) is 20.6 Å². The van der Waals surface area contributed by atoms with Gasteiger partial charge in [0.15, 0.2) is 0 Å². The molecule has 1 heterocycles. The average Bonchev–Trinajstić information content (AvgIpc) is 2.92. The van der Waals surface area contributed by atoms with Gasteiger partial charge < -0.3 is 19.7 Å². The molecule has 0 bridgehead atoms. The van der Waals surface area contributed by atoms with E-state index in [0.717, 1.165) is 16.8 Å². The van der Waals surface area contributed by atoms with Crippen LogP contribution in [0, 0.1) is 0 Å². The zero-order valence-electron chi connectivity index (χ0n) is 14.5. The third kappa shape index (κ3) is 3.15. The second-order valence-corrected chi connectivity index (χ2v) is 5.81. The predicted octanol–water partition coefficient (Wildman–Crippen LogP) is 2.15. The van der Waals surface area contributed by atoms with Crippen LogP contribution in [0.4, 0.5) is 5.69 Å². The molecule has 1 aliphatic heterocycles. The molecule has 0 aliphatic carbocycles. The third-order valence-electron chi connectivity index (χ3n) is 4.33. The van der Waals surface area contributed by atoms with Crippen molar-refractivity contribution in [2.75, 3.05) is 26.2 Å². The lowest BCUT2D eigenvalue weighted by Crippen LogP contribution is -2.24. The van der Waals surface area contributed by atoms with Crippen molar-refractivity contribution in [3.05, 3.63) is 53.1 Å². The molecule has 0 saturated heterocycles. The maximum atomic E-state index is 12.6. The van der Waals surface area contributed by atoms with Gasteiger partial charge in [0.25, 0.3) is 5.91 Å². The third-order valence-corrected chi connectivity index (χ3v) is 4.33. The van der Waals surface area contributed by atoms with Gasteiger partial charge in [-0.3, -0.25) is 9.59 Å². The van der Waals surface area contributed by atoms with E-state index in [1.165, 1.54) is 14.2 Å². The lowest BCUT2D eigenvalue weighted by Gasteiger charge is -2.14. The molecule has 1 N–H and O–H groups in total. The highest BCUT2D eigenvalue weighted by atomic mass is 16.5. The van der Waals surface area contributed by atoms with E-state index in [1.807, 2.05) is 18.2 Å². The first kappa shape index (κ1) is 16.8. The minimum Gasteiger partial charge on any atom is -0.496 e. The van der Waals surface area contributed by atoms with Crippen molar-refractivity contribution < 1.29 is 19.1 Å². The van der Waals surface area contributed by atoms with Crippen LogP contribution >= 0.6 is 0 Å². The molecule has 0 saturated carbocycles. The molecule has 0 spiro atoms. The standard InChI is InChI=1S/C19H20N2O4/c1-21-14-8-7-12(9-13(14)10-17(21)22)11-20-19(23)18-15(24-2)5-4-6-16(18)25-3/h4-9H,10-11H2,1-3H3,(H,20,23).